The smallest absolute Gasteiger partial charge is 0.212 e. The SMILES string of the molecule is CCCS(OS(=O)(=O)c1ccc(C)cc1)(c1ccccc1)C1CC1. The monoisotopic (exact) mass is 364 g/mol. The van der Waals surface area contributed by atoms with E-state index in [4.69, 9.17) is 3.63 Å². The first-order valence-corrected chi connectivity index (χ1v) is 11.6. The molecule has 1 unspecified atom stereocenters. The largest absolute Gasteiger partial charge is 0.306 e. The Labute approximate surface area is 146 Å². The topological polar surface area (TPSA) is 43.4 Å². The van der Waals surface area contributed by atoms with Crippen LogP contribution in [0.5, 0.6) is 0 Å². The average molecular weight is 365 g/mol. The zero-order valence-corrected chi connectivity index (χ0v) is 15.8. The zero-order valence-electron chi connectivity index (χ0n) is 14.1. The van der Waals surface area contributed by atoms with Gasteiger partial charge >= 0.3 is 10.1 Å². The van der Waals surface area contributed by atoms with Crippen molar-refractivity contribution in [2.24, 2.45) is 0 Å². The van der Waals surface area contributed by atoms with E-state index in [9.17, 15) is 8.42 Å². The number of hydrogen-bond donors (Lipinski definition) is 0. The van der Waals surface area contributed by atoms with E-state index in [0.717, 1.165) is 35.5 Å². The molecule has 1 fully saturated rings. The van der Waals surface area contributed by atoms with Crippen LogP contribution in [0.3, 0.4) is 0 Å². The maximum atomic E-state index is 12.9. The van der Waals surface area contributed by atoms with Gasteiger partial charge in [-0.05, 0) is 50.5 Å². The van der Waals surface area contributed by atoms with Gasteiger partial charge in [-0.1, -0.05) is 53.1 Å². The highest BCUT2D eigenvalue weighted by Gasteiger charge is 2.46. The molecule has 130 valence electrons. The van der Waals surface area contributed by atoms with Crippen molar-refractivity contribution in [1.29, 1.82) is 0 Å². The molecule has 0 amide bonds. The Bertz CT molecular complexity index is 781. The molecule has 0 saturated heterocycles. The fourth-order valence-corrected chi connectivity index (χ4v) is 9.08. The van der Waals surface area contributed by atoms with Crippen molar-refractivity contribution in [3.8, 4) is 0 Å². The molecule has 1 aliphatic rings. The fraction of sp³-hybridized carbons (Fsp3) is 0.368. The van der Waals surface area contributed by atoms with Gasteiger partial charge in [-0.3, -0.25) is 0 Å². The van der Waals surface area contributed by atoms with Crippen LogP contribution in [0.15, 0.2) is 64.4 Å². The van der Waals surface area contributed by atoms with Gasteiger partial charge in [-0.2, -0.15) is 8.42 Å². The van der Waals surface area contributed by atoms with Crippen LogP contribution in [-0.4, -0.2) is 19.4 Å². The van der Waals surface area contributed by atoms with Crippen LogP contribution >= 0.6 is 10.3 Å². The van der Waals surface area contributed by atoms with Gasteiger partial charge in [0, 0.05) is 15.9 Å². The van der Waals surface area contributed by atoms with Crippen molar-refractivity contribution in [2.45, 2.75) is 48.2 Å². The van der Waals surface area contributed by atoms with Gasteiger partial charge < -0.3 is 0 Å². The second-order valence-electron chi connectivity index (χ2n) is 6.28. The maximum Gasteiger partial charge on any atom is 0.306 e. The van der Waals surface area contributed by atoms with E-state index < -0.39 is 20.4 Å². The molecule has 3 rings (SSSR count). The van der Waals surface area contributed by atoms with Crippen molar-refractivity contribution < 1.29 is 12.0 Å². The lowest BCUT2D eigenvalue weighted by molar-refractivity contribution is 0.507. The standard InChI is InChI=1S/C19H24O3S2/c1-3-15-23(18-13-14-18,17-7-5-4-6-8-17)22-24(20,21)19-11-9-16(2)10-12-19/h4-12,18H,3,13-15H2,1-2H3. The van der Waals surface area contributed by atoms with E-state index in [1.165, 1.54) is 0 Å². The van der Waals surface area contributed by atoms with E-state index in [-0.39, 0.29) is 4.90 Å². The third kappa shape index (κ3) is 3.53. The summed E-state index contributed by atoms with van der Waals surface area (Å²) < 4.78 is 31.9. The highest BCUT2D eigenvalue weighted by Crippen LogP contribution is 2.69. The summed E-state index contributed by atoms with van der Waals surface area (Å²) in [6, 6.07) is 16.8. The van der Waals surface area contributed by atoms with E-state index in [2.05, 4.69) is 6.92 Å². The Morgan fingerprint density at radius 3 is 2.12 bits per heavy atom. The minimum absolute atomic E-state index is 0.248. The highest BCUT2D eigenvalue weighted by atomic mass is 32.3. The van der Waals surface area contributed by atoms with Crippen molar-refractivity contribution >= 4 is 20.4 Å². The summed E-state index contributed by atoms with van der Waals surface area (Å²) >= 11 is 0. The Morgan fingerprint density at radius 1 is 0.958 bits per heavy atom. The summed E-state index contributed by atoms with van der Waals surface area (Å²) in [5.41, 5.74) is 1.03. The highest BCUT2D eigenvalue weighted by molar-refractivity contribution is 8.33. The molecule has 0 spiro atoms. The summed E-state index contributed by atoms with van der Waals surface area (Å²) in [5.74, 6) is 0.784. The Morgan fingerprint density at radius 2 is 1.58 bits per heavy atom. The average Bonchev–Trinajstić information content (AvgIpc) is 3.41. The van der Waals surface area contributed by atoms with E-state index >= 15 is 0 Å². The van der Waals surface area contributed by atoms with Crippen LogP contribution in [0.4, 0.5) is 0 Å². The molecule has 2 aromatic rings. The van der Waals surface area contributed by atoms with Gasteiger partial charge in [-0.25, -0.2) is 3.63 Å². The molecule has 2 aromatic carbocycles. The number of hydrogen-bond acceptors (Lipinski definition) is 3. The van der Waals surface area contributed by atoms with Crippen molar-refractivity contribution in [3.63, 3.8) is 0 Å². The summed E-state index contributed by atoms with van der Waals surface area (Å²) in [6.07, 6.45) is 3.01. The van der Waals surface area contributed by atoms with Crippen molar-refractivity contribution in [1.82, 2.24) is 0 Å². The molecule has 24 heavy (non-hydrogen) atoms. The molecular weight excluding hydrogens is 340 g/mol. The minimum atomic E-state index is -3.77. The first kappa shape index (κ1) is 17.5. The first-order valence-electron chi connectivity index (χ1n) is 8.35. The molecule has 0 bridgehead atoms. The van der Waals surface area contributed by atoms with E-state index in [1.54, 1.807) is 12.1 Å². The lowest BCUT2D eigenvalue weighted by Crippen LogP contribution is -2.19. The molecule has 5 heteroatoms. The zero-order chi connectivity index (χ0) is 17.2. The molecule has 0 aliphatic heterocycles. The van der Waals surface area contributed by atoms with Crippen LogP contribution in [-0.2, 0) is 13.7 Å². The lowest BCUT2D eigenvalue weighted by atomic mass is 10.2. The first-order chi connectivity index (χ1) is 11.5. The third-order valence-corrected chi connectivity index (χ3v) is 10.4. The Hall–Kier alpha value is -1.30. The summed E-state index contributed by atoms with van der Waals surface area (Å²) in [5, 5.41) is 0.347. The molecule has 3 nitrogen and oxygen atoms in total. The van der Waals surface area contributed by atoms with Gasteiger partial charge in [0.05, 0.1) is 4.90 Å². The van der Waals surface area contributed by atoms with Crippen LogP contribution in [0.1, 0.15) is 31.7 Å². The van der Waals surface area contributed by atoms with Gasteiger partial charge in [0.15, 0.2) is 0 Å². The predicted molar refractivity (Wildman–Crippen MR) is 99.9 cm³/mol. The van der Waals surface area contributed by atoms with Crippen LogP contribution in [0, 0.1) is 6.92 Å². The van der Waals surface area contributed by atoms with Gasteiger partial charge in [0.2, 0.25) is 0 Å². The molecule has 1 aliphatic carbocycles. The second kappa shape index (κ2) is 6.90. The Balaban J connectivity index is 2.02. The third-order valence-electron chi connectivity index (χ3n) is 4.23. The molecule has 1 atom stereocenters. The molecule has 0 N–H and O–H groups in total. The number of rotatable bonds is 7. The molecule has 1 saturated carbocycles. The fourth-order valence-electron chi connectivity index (χ4n) is 2.91. The van der Waals surface area contributed by atoms with Crippen LogP contribution in [0.2, 0.25) is 0 Å². The molecule has 0 aromatic heterocycles. The Kier molecular flexibility index (Phi) is 5.04. The van der Waals surface area contributed by atoms with Gasteiger partial charge in [-0.15, -0.1) is 0 Å². The van der Waals surface area contributed by atoms with Crippen molar-refractivity contribution in [2.75, 3.05) is 5.75 Å². The molecule has 0 heterocycles. The minimum Gasteiger partial charge on any atom is -0.212 e. The summed E-state index contributed by atoms with van der Waals surface area (Å²) in [7, 11) is -5.61. The molecule has 0 radical (unpaired) electrons. The van der Waals surface area contributed by atoms with Crippen molar-refractivity contribution in [3.05, 3.63) is 60.2 Å². The van der Waals surface area contributed by atoms with Gasteiger partial charge in [0.25, 0.3) is 0 Å². The quantitative estimate of drug-likeness (QED) is 0.690. The van der Waals surface area contributed by atoms with Crippen LogP contribution in [0.25, 0.3) is 0 Å². The normalized spacial score (nSPS) is 18.8. The van der Waals surface area contributed by atoms with E-state index in [1.807, 2.05) is 49.4 Å². The lowest BCUT2D eigenvalue weighted by Gasteiger charge is -2.39. The molecular formula is C19H24O3S2. The van der Waals surface area contributed by atoms with Gasteiger partial charge in [0.1, 0.15) is 0 Å². The summed E-state index contributed by atoms with van der Waals surface area (Å²) in [6.45, 7) is 4.03. The number of benzene rings is 2. The number of aryl methyl sites for hydroxylation is 1. The van der Waals surface area contributed by atoms with Crippen LogP contribution < -0.4 is 0 Å². The summed E-state index contributed by atoms with van der Waals surface area (Å²) in [4.78, 5) is 1.29. The van der Waals surface area contributed by atoms with E-state index in [0.29, 0.717) is 5.25 Å². The second-order valence-corrected chi connectivity index (χ2v) is 11.2. The predicted octanol–water partition coefficient (Wildman–Crippen LogP) is 5.05. The maximum absolute atomic E-state index is 12.9.